The summed E-state index contributed by atoms with van der Waals surface area (Å²) < 4.78 is 11.3. The number of hydrogen-bond acceptors (Lipinski definition) is 6. The second kappa shape index (κ2) is 6.27. The second-order valence-electron chi connectivity index (χ2n) is 4.82. The van der Waals surface area contributed by atoms with Gasteiger partial charge in [0.15, 0.2) is 0 Å². The van der Waals surface area contributed by atoms with Gasteiger partial charge in [0.25, 0.3) is 5.56 Å². The lowest BCUT2D eigenvalue weighted by atomic mass is 10.1. The van der Waals surface area contributed by atoms with E-state index in [9.17, 15) is 9.59 Å². The molecule has 0 spiro atoms. The van der Waals surface area contributed by atoms with Gasteiger partial charge in [-0.1, -0.05) is 12.1 Å². The molecule has 0 aliphatic carbocycles. The van der Waals surface area contributed by atoms with Gasteiger partial charge in [0.05, 0.1) is 24.8 Å². The zero-order chi connectivity index (χ0) is 16.2. The van der Waals surface area contributed by atoms with E-state index < -0.39 is 5.97 Å². The van der Waals surface area contributed by atoms with Crippen LogP contribution in [0, 0.1) is 0 Å². The van der Waals surface area contributed by atoms with Gasteiger partial charge in [0.2, 0.25) is 12.3 Å². The monoisotopic (exact) mass is 311 g/mol. The van der Waals surface area contributed by atoms with Gasteiger partial charge in [0, 0.05) is 12.3 Å². The normalized spacial score (nSPS) is 10.5. The van der Waals surface area contributed by atoms with Crippen LogP contribution >= 0.6 is 0 Å². The van der Waals surface area contributed by atoms with E-state index in [1.165, 1.54) is 24.1 Å². The van der Waals surface area contributed by atoms with Gasteiger partial charge in [-0.15, -0.1) is 10.2 Å². The molecule has 3 aromatic rings. The van der Waals surface area contributed by atoms with Crippen LogP contribution in [0.2, 0.25) is 0 Å². The number of benzene rings is 1. The quantitative estimate of drug-likeness (QED) is 0.682. The topological polar surface area (TPSA) is 87.2 Å². The molecule has 0 aliphatic heterocycles. The number of hydrogen-bond donors (Lipinski definition) is 0. The summed E-state index contributed by atoms with van der Waals surface area (Å²) in [5, 5.41) is 7.44. The molecule has 1 aromatic carbocycles. The number of rotatable bonds is 4. The first-order valence-electron chi connectivity index (χ1n) is 6.81. The van der Waals surface area contributed by atoms with E-state index in [0.717, 1.165) is 5.56 Å². The van der Waals surface area contributed by atoms with Gasteiger partial charge in [-0.2, -0.15) is 0 Å². The van der Waals surface area contributed by atoms with Crippen LogP contribution in [0.4, 0.5) is 0 Å². The number of methoxy groups -OCH3 is 1. The van der Waals surface area contributed by atoms with E-state index in [1.54, 1.807) is 36.5 Å². The second-order valence-corrected chi connectivity index (χ2v) is 4.82. The van der Waals surface area contributed by atoms with Gasteiger partial charge in [-0.25, -0.2) is 4.79 Å². The van der Waals surface area contributed by atoms with Crippen molar-refractivity contribution < 1.29 is 13.9 Å². The first-order valence-corrected chi connectivity index (χ1v) is 6.81. The Hall–Kier alpha value is -3.22. The Balaban J connectivity index is 1.86. The van der Waals surface area contributed by atoms with Gasteiger partial charge >= 0.3 is 5.97 Å². The molecule has 0 amide bonds. The summed E-state index contributed by atoms with van der Waals surface area (Å²) in [4.78, 5) is 23.4. The van der Waals surface area contributed by atoms with Crippen LogP contribution in [0.3, 0.4) is 0 Å². The highest BCUT2D eigenvalue weighted by molar-refractivity contribution is 5.89. The zero-order valence-electron chi connectivity index (χ0n) is 12.3. The molecular formula is C16H13N3O4. The maximum absolute atomic E-state index is 12.0. The molecule has 0 aliphatic rings. The summed E-state index contributed by atoms with van der Waals surface area (Å²) in [5.41, 5.74) is 1.85. The van der Waals surface area contributed by atoms with Crippen molar-refractivity contribution in [1.82, 2.24) is 14.8 Å². The SMILES string of the molecule is COC(=O)c1ccc(Cn2cc(-c3nnco3)ccc2=O)cc1. The van der Waals surface area contributed by atoms with Crippen molar-refractivity contribution in [3.05, 3.63) is 70.5 Å². The maximum Gasteiger partial charge on any atom is 0.337 e. The highest BCUT2D eigenvalue weighted by atomic mass is 16.5. The largest absolute Gasteiger partial charge is 0.465 e. The molecule has 3 rings (SSSR count). The lowest BCUT2D eigenvalue weighted by Crippen LogP contribution is -2.19. The van der Waals surface area contributed by atoms with Crippen LogP contribution in [-0.2, 0) is 11.3 Å². The van der Waals surface area contributed by atoms with E-state index in [-0.39, 0.29) is 5.56 Å². The summed E-state index contributed by atoms with van der Waals surface area (Å²) in [6.45, 7) is 0.363. The third-order valence-corrected chi connectivity index (χ3v) is 3.32. The predicted octanol–water partition coefficient (Wildman–Crippen LogP) is 1.73. The fraction of sp³-hybridized carbons (Fsp3) is 0.125. The van der Waals surface area contributed by atoms with Crippen LogP contribution in [-0.4, -0.2) is 27.8 Å². The summed E-state index contributed by atoms with van der Waals surface area (Å²) >= 11 is 0. The minimum atomic E-state index is -0.396. The summed E-state index contributed by atoms with van der Waals surface area (Å²) in [7, 11) is 1.33. The number of pyridine rings is 1. The maximum atomic E-state index is 12.0. The number of nitrogens with zero attached hydrogens (tertiary/aromatic N) is 3. The molecule has 7 heteroatoms. The van der Waals surface area contributed by atoms with Gasteiger partial charge in [-0.05, 0) is 23.8 Å². The first kappa shape index (κ1) is 14.7. The minimum absolute atomic E-state index is 0.148. The number of aromatic nitrogens is 3. The summed E-state index contributed by atoms with van der Waals surface area (Å²) in [6, 6.07) is 9.95. The third kappa shape index (κ3) is 3.18. The Morgan fingerprint density at radius 3 is 2.65 bits per heavy atom. The Labute approximate surface area is 131 Å². The van der Waals surface area contributed by atoms with Crippen LogP contribution in [0.5, 0.6) is 0 Å². The molecule has 0 fully saturated rings. The average molecular weight is 311 g/mol. The molecule has 7 nitrogen and oxygen atoms in total. The Morgan fingerprint density at radius 1 is 1.22 bits per heavy atom. The Morgan fingerprint density at radius 2 is 2.00 bits per heavy atom. The first-order chi connectivity index (χ1) is 11.2. The predicted molar refractivity (Wildman–Crippen MR) is 80.9 cm³/mol. The van der Waals surface area contributed by atoms with Crippen molar-refractivity contribution in [2.45, 2.75) is 6.54 Å². The van der Waals surface area contributed by atoms with Gasteiger partial charge in [0.1, 0.15) is 0 Å². The van der Waals surface area contributed by atoms with Crippen molar-refractivity contribution in [3.63, 3.8) is 0 Å². The van der Waals surface area contributed by atoms with E-state index in [4.69, 9.17) is 4.42 Å². The summed E-state index contributed by atoms with van der Waals surface area (Å²) in [6.07, 6.45) is 2.89. The highest BCUT2D eigenvalue weighted by Crippen LogP contribution is 2.14. The van der Waals surface area contributed by atoms with E-state index in [0.29, 0.717) is 23.6 Å². The lowest BCUT2D eigenvalue weighted by Gasteiger charge is -2.07. The molecule has 0 radical (unpaired) electrons. The molecule has 0 bridgehead atoms. The standard InChI is InChI=1S/C16H13N3O4/c1-22-16(21)12-4-2-11(3-5-12)8-19-9-13(6-7-14(19)20)15-18-17-10-23-15/h2-7,9-10H,8H2,1H3. The van der Waals surface area contributed by atoms with Crippen LogP contribution in [0.1, 0.15) is 15.9 Å². The molecule has 0 saturated carbocycles. The fourth-order valence-corrected chi connectivity index (χ4v) is 2.14. The lowest BCUT2D eigenvalue weighted by molar-refractivity contribution is 0.0600. The number of esters is 1. The molecule has 0 atom stereocenters. The van der Waals surface area contributed by atoms with Gasteiger partial charge in [-0.3, -0.25) is 4.79 Å². The molecule has 2 aromatic heterocycles. The molecule has 2 heterocycles. The third-order valence-electron chi connectivity index (χ3n) is 3.32. The fourth-order valence-electron chi connectivity index (χ4n) is 2.14. The molecule has 116 valence electrons. The molecule has 0 saturated heterocycles. The van der Waals surface area contributed by atoms with Crippen molar-refractivity contribution in [1.29, 1.82) is 0 Å². The smallest absolute Gasteiger partial charge is 0.337 e. The Bertz CT molecular complexity index is 867. The van der Waals surface area contributed by atoms with E-state index >= 15 is 0 Å². The van der Waals surface area contributed by atoms with Crippen LogP contribution < -0.4 is 5.56 Å². The number of ether oxygens (including phenoxy) is 1. The zero-order valence-corrected chi connectivity index (χ0v) is 12.3. The number of carbonyl (C=O) groups is 1. The number of carbonyl (C=O) groups excluding carboxylic acids is 1. The minimum Gasteiger partial charge on any atom is -0.465 e. The Kier molecular flexibility index (Phi) is 4.01. The van der Waals surface area contributed by atoms with Crippen LogP contribution in [0.15, 0.2) is 58.2 Å². The van der Waals surface area contributed by atoms with E-state index in [1.807, 2.05) is 0 Å². The average Bonchev–Trinajstić information content (AvgIpc) is 3.11. The van der Waals surface area contributed by atoms with Crippen molar-refractivity contribution >= 4 is 5.97 Å². The molecular weight excluding hydrogens is 298 g/mol. The molecule has 0 N–H and O–H groups in total. The van der Waals surface area contributed by atoms with Gasteiger partial charge < -0.3 is 13.7 Å². The van der Waals surface area contributed by atoms with Crippen molar-refractivity contribution in [2.75, 3.05) is 7.11 Å². The molecule has 23 heavy (non-hydrogen) atoms. The summed E-state index contributed by atoms with van der Waals surface area (Å²) in [5.74, 6) is -0.0492. The van der Waals surface area contributed by atoms with Crippen molar-refractivity contribution in [2.24, 2.45) is 0 Å². The van der Waals surface area contributed by atoms with E-state index in [2.05, 4.69) is 14.9 Å². The molecule has 0 unspecified atom stereocenters. The highest BCUT2D eigenvalue weighted by Gasteiger charge is 2.08. The van der Waals surface area contributed by atoms with Crippen molar-refractivity contribution in [3.8, 4) is 11.5 Å². The van der Waals surface area contributed by atoms with Crippen LogP contribution in [0.25, 0.3) is 11.5 Å².